The molecule has 0 spiro atoms. The van der Waals surface area contributed by atoms with Crippen LogP contribution in [0.15, 0.2) is 83.8 Å². The van der Waals surface area contributed by atoms with Crippen molar-refractivity contribution in [3.8, 4) is 11.8 Å². The number of nitrogens with zero attached hydrogens (tertiary/aromatic N) is 3. The van der Waals surface area contributed by atoms with Gasteiger partial charge >= 0.3 is 0 Å². The molecule has 0 unspecified atom stereocenters. The van der Waals surface area contributed by atoms with Gasteiger partial charge in [-0.2, -0.15) is 5.26 Å². The number of halogens is 1. The molecule has 0 N–H and O–H groups in total. The summed E-state index contributed by atoms with van der Waals surface area (Å²) in [6.45, 7) is -0.418. The Bertz CT molecular complexity index is 1230. The topological polar surface area (TPSA) is 90.7 Å². The number of nitriles is 1. The van der Waals surface area contributed by atoms with Crippen molar-refractivity contribution < 1.29 is 22.3 Å². The number of rotatable bonds is 9. The summed E-state index contributed by atoms with van der Waals surface area (Å²) in [4.78, 5) is 14.5. The van der Waals surface area contributed by atoms with Gasteiger partial charge < -0.3 is 9.64 Å². The zero-order chi connectivity index (χ0) is 23.8. The van der Waals surface area contributed by atoms with Gasteiger partial charge in [-0.15, -0.1) is 0 Å². The second-order valence-corrected chi connectivity index (χ2v) is 8.81. The number of para-hydroxylation sites is 1. The Balaban J connectivity index is 2.02. The van der Waals surface area contributed by atoms with Crippen molar-refractivity contribution in [1.82, 2.24) is 0 Å². The minimum atomic E-state index is -4.21. The van der Waals surface area contributed by atoms with Gasteiger partial charge in [0.1, 0.15) is 18.1 Å². The van der Waals surface area contributed by atoms with Crippen molar-refractivity contribution in [3.05, 3.63) is 84.7 Å². The molecule has 0 atom stereocenters. The van der Waals surface area contributed by atoms with Gasteiger partial charge in [0.25, 0.3) is 10.0 Å². The third-order valence-electron chi connectivity index (χ3n) is 4.86. The summed E-state index contributed by atoms with van der Waals surface area (Å²) in [5, 5.41) is 9.02. The molecule has 0 aliphatic carbocycles. The lowest BCUT2D eigenvalue weighted by atomic mass is 10.2. The van der Waals surface area contributed by atoms with Crippen LogP contribution in [0.5, 0.6) is 5.75 Å². The predicted molar refractivity (Wildman–Crippen MR) is 123 cm³/mol. The molecule has 33 heavy (non-hydrogen) atoms. The molecule has 0 saturated heterocycles. The van der Waals surface area contributed by atoms with E-state index in [1.807, 2.05) is 6.07 Å². The average molecular weight is 468 g/mol. The van der Waals surface area contributed by atoms with Gasteiger partial charge in [0, 0.05) is 12.2 Å². The van der Waals surface area contributed by atoms with Crippen molar-refractivity contribution in [3.63, 3.8) is 0 Å². The van der Waals surface area contributed by atoms with E-state index in [-0.39, 0.29) is 23.5 Å². The van der Waals surface area contributed by atoms with Crippen LogP contribution in [-0.4, -0.2) is 34.5 Å². The number of benzene rings is 3. The standard InChI is InChI=1S/C24H22FN3O4S/c1-32-22-12-10-21(11-13-22)28(33(30,31)23-14-8-19(25)9-15-23)18-24(29)27(17-5-16-26)20-6-3-2-4-7-20/h2-4,6-15H,5,17-18H2,1H3. The summed E-state index contributed by atoms with van der Waals surface area (Å²) >= 11 is 0. The smallest absolute Gasteiger partial charge is 0.264 e. The molecule has 0 aromatic heterocycles. The molecule has 3 rings (SSSR count). The van der Waals surface area contributed by atoms with Crippen LogP contribution >= 0.6 is 0 Å². The van der Waals surface area contributed by atoms with Gasteiger partial charge in [0.15, 0.2) is 0 Å². The maximum Gasteiger partial charge on any atom is 0.264 e. The molecule has 0 aliphatic heterocycles. The molecule has 1 amide bonds. The number of carbonyl (C=O) groups is 1. The molecular formula is C24H22FN3O4S. The van der Waals surface area contributed by atoms with Crippen molar-refractivity contribution in [2.75, 3.05) is 29.4 Å². The zero-order valence-corrected chi connectivity index (χ0v) is 18.7. The molecular weight excluding hydrogens is 445 g/mol. The highest BCUT2D eigenvalue weighted by atomic mass is 32.2. The first-order chi connectivity index (χ1) is 15.9. The highest BCUT2D eigenvalue weighted by molar-refractivity contribution is 7.92. The number of hydrogen-bond donors (Lipinski definition) is 0. The highest BCUT2D eigenvalue weighted by Gasteiger charge is 2.29. The Morgan fingerprint density at radius 3 is 2.18 bits per heavy atom. The zero-order valence-electron chi connectivity index (χ0n) is 17.9. The Labute approximate surface area is 192 Å². The Morgan fingerprint density at radius 1 is 0.970 bits per heavy atom. The van der Waals surface area contributed by atoms with Gasteiger partial charge in [-0.05, 0) is 60.7 Å². The van der Waals surface area contributed by atoms with Crippen molar-refractivity contribution >= 4 is 27.3 Å². The SMILES string of the molecule is COc1ccc(N(CC(=O)N(CCC#N)c2ccccc2)S(=O)(=O)c2ccc(F)cc2)cc1. The van der Waals surface area contributed by atoms with E-state index in [1.54, 1.807) is 42.5 Å². The third kappa shape index (κ3) is 5.67. The van der Waals surface area contributed by atoms with Crippen LogP contribution in [0.4, 0.5) is 15.8 Å². The minimum Gasteiger partial charge on any atom is -0.497 e. The van der Waals surface area contributed by atoms with Crippen LogP contribution in [0.2, 0.25) is 0 Å². The first-order valence-corrected chi connectivity index (χ1v) is 11.5. The lowest BCUT2D eigenvalue weighted by Gasteiger charge is -2.28. The van der Waals surface area contributed by atoms with Gasteiger partial charge in [-0.3, -0.25) is 9.10 Å². The van der Waals surface area contributed by atoms with E-state index in [2.05, 4.69) is 0 Å². The fraction of sp³-hybridized carbons (Fsp3) is 0.167. The maximum atomic E-state index is 13.5. The van der Waals surface area contributed by atoms with Gasteiger partial charge in [0.05, 0.1) is 30.2 Å². The van der Waals surface area contributed by atoms with E-state index in [1.165, 1.54) is 24.1 Å². The summed E-state index contributed by atoms with van der Waals surface area (Å²) in [5.74, 6) is -0.574. The Hall–Kier alpha value is -3.90. The van der Waals surface area contributed by atoms with Gasteiger partial charge in [0.2, 0.25) is 5.91 Å². The summed E-state index contributed by atoms with van der Waals surface area (Å²) in [7, 11) is -2.72. The number of amides is 1. The predicted octanol–water partition coefficient (Wildman–Crippen LogP) is 3.98. The fourth-order valence-electron chi connectivity index (χ4n) is 3.17. The lowest BCUT2D eigenvalue weighted by Crippen LogP contribution is -2.43. The largest absolute Gasteiger partial charge is 0.497 e. The minimum absolute atomic E-state index is 0.0773. The van der Waals surface area contributed by atoms with E-state index in [0.29, 0.717) is 11.4 Å². The first kappa shape index (κ1) is 23.8. The molecule has 3 aromatic carbocycles. The molecule has 0 bridgehead atoms. The summed E-state index contributed by atoms with van der Waals surface area (Å²) in [6.07, 6.45) is 0.0773. The van der Waals surface area contributed by atoms with Crippen molar-refractivity contribution in [1.29, 1.82) is 5.26 Å². The van der Waals surface area contributed by atoms with E-state index in [0.717, 1.165) is 28.6 Å². The molecule has 0 aliphatic rings. The molecule has 0 fully saturated rings. The summed E-state index contributed by atoms with van der Waals surface area (Å²) in [6, 6.07) is 21.3. The van der Waals surface area contributed by atoms with E-state index < -0.39 is 28.3 Å². The van der Waals surface area contributed by atoms with Crippen LogP contribution in [0.25, 0.3) is 0 Å². The average Bonchev–Trinajstić information content (AvgIpc) is 2.84. The van der Waals surface area contributed by atoms with Crippen LogP contribution in [-0.2, 0) is 14.8 Å². The lowest BCUT2D eigenvalue weighted by molar-refractivity contribution is -0.117. The normalized spacial score (nSPS) is 10.8. The Kier molecular flexibility index (Phi) is 7.64. The molecule has 170 valence electrons. The van der Waals surface area contributed by atoms with E-state index in [9.17, 15) is 17.6 Å². The third-order valence-corrected chi connectivity index (χ3v) is 6.65. The van der Waals surface area contributed by atoms with E-state index >= 15 is 0 Å². The molecule has 7 nitrogen and oxygen atoms in total. The summed E-state index contributed by atoms with van der Waals surface area (Å²) < 4.78 is 46.4. The molecule has 3 aromatic rings. The van der Waals surface area contributed by atoms with Gasteiger partial charge in [-0.25, -0.2) is 12.8 Å². The number of methoxy groups -OCH3 is 1. The van der Waals surface area contributed by atoms with E-state index in [4.69, 9.17) is 10.00 Å². The van der Waals surface area contributed by atoms with Crippen LogP contribution in [0.1, 0.15) is 6.42 Å². The van der Waals surface area contributed by atoms with Crippen LogP contribution < -0.4 is 13.9 Å². The fourth-order valence-corrected chi connectivity index (χ4v) is 4.59. The summed E-state index contributed by atoms with van der Waals surface area (Å²) in [5.41, 5.74) is 0.786. The monoisotopic (exact) mass is 467 g/mol. The number of hydrogen-bond acceptors (Lipinski definition) is 5. The van der Waals surface area contributed by atoms with Crippen molar-refractivity contribution in [2.24, 2.45) is 0 Å². The first-order valence-electron chi connectivity index (χ1n) is 10.0. The van der Waals surface area contributed by atoms with Crippen LogP contribution in [0, 0.1) is 17.1 Å². The number of carbonyl (C=O) groups excluding carboxylic acids is 1. The van der Waals surface area contributed by atoms with Gasteiger partial charge in [-0.1, -0.05) is 18.2 Å². The number of ether oxygens (including phenoxy) is 1. The molecule has 0 heterocycles. The second-order valence-electron chi connectivity index (χ2n) is 6.95. The molecule has 0 saturated carbocycles. The molecule has 0 radical (unpaired) electrons. The Morgan fingerprint density at radius 2 is 1.61 bits per heavy atom. The highest BCUT2D eigenvalue weighted by Crippen LogP contribution is 2.27. The maximum absolute atomic E-state index is 13.5. The van der Waals surface area contributed by atoms with Crippen molar-refractivity contribution in [2.45, 2.75) is 11.3 Å². The number of anilines is 2. The number of sulfonamides is 1. The second kappa shape index (κ2) is 10.6. The molecule has 9 heteroatoms. The van der Waals surface area contributed by atoms with Crippen LogP contribution in [0.3, 0.4) is 0 Å². The quantitative estimate of drug-likeness (QED) is 0.475.